The van der Waals surface area contributed by atoms with Gasteiger partial charge in [0.05, 0.1) is 5.25 Å². The largest absolute Gasteiger partial charge is 0.399 e. The number of carbonyl (C=O) groups is 1. The predicted molar refractivity (Wildman–Crippen MR) is 91.0 cm³/mol. The zero-order chi connectivity index (χ0) is 15.4. The van der Waals surface area contributed by atoms with Crippen molar-refractivity contribution in [2.24, 2.45) is 0 Å². The van der Waals surface area contributed by atoms with Gasteiger partial charge in [0.1, 0.15) is 0 Å². The number of hydrogen-bond donors (Lipinski definition) is 2. The molecule has 0 radical (unpaired) electrons. The summed E-state index contributed by atoms with van der Waals surface area (Å²) in [6.07, 6.45) is 0. The number of carbonyl (C=O) groups excluding carboxylic acids is 1. The van der Waals surface area contributed by atoms with Gasteiger partial charge in [0.25, 0.3) is 0 Å². The van der Waals surface area contributed by atoms with Crippen molar-refractivity contribution in [2.45, 2.75) is 24.0 Å². The number of nitrogens with two attached hydrogens (primary N) is 1. The Hall–Kier alpha value is -1.65. The van der Waals surface area contributed by atoms with Gasteiger partial charge in [0.2, 0.25) is 5.91 Å². The van der Waals surface area contributed by atoms with Gasteiger partial charge in [-0.05, 0) is 55.8 Å². The highest BCUT2D eigenvalue weighted by Crippen LogP contribution is 2.26. The highest BCUT2D eigenvalue weighted by atomic mass is 35.5. The van der Waals surface area contributed by atoms with Crippen LogP contribution in [0.15, 0.2) is 47.4 Å². The predicted octanol–water partition coefficient (Wildman–Crippen LogP) is 4.35. The Bertz CT molecular complexity index is 643. The van der Waals surface area contributed by atoms with Crippen LogP contribution in [0.25, 0.3) is 0 Å². The molecule has 3 nitrogen and oxygen atoms in total. The summed E-state index contributed by atoms with van der Waals surface area (Å²) in [6, 6.07) is 13.0. The third-order valence-electron chi connectivity index (χ3n) is 3.00. The van der Waals surface area contributed by atoms with E-state index >= 15 is 0 Å². The van der Waals surface area contributed by atoms with Crippen molar-refractivity contribution in [2.75, 3.05) is 11.1 Å². The Morgan fingerprint density at radius 2 is 1.90 bits per heavy atom. The first-order valence-corrected chi connectivity index (χ1v) is 7.80. The Labute approximate surface area is 133 Å². The van der Waals surface area contributed by atoms with Gasteiger partial charge in [-0.15, -0.1) is 11.8 Å². The van der Waals surface area contributed by atoms with Crippen LogP contribution in [0.1, 0.15) is 12.5 Å². The van der Waals surface area contributed by atoms with E-state index in [1.165, 1.54) is 11.8 Å². The average molecular weight is 321 g/mol. The van der Waals surface area contributed by atoms with E-state index in [0.29, 0.717) is 16.4 Å². The van der Waals surface area contributed by atoms with E-state index in [1.807, 2.05) is 50.2 Å². The second kappa shape index (κ2) is 6.87. The number of nitrogen functional groups attached to an aromatic ring is 1. The number of benzene rings is 2. The van der Waals surface area contributed by atoms with Gasteiger partial charge in [-0.2, -0.15) is 0 Å². The van der Waals surface area contributed by atoms with Crippen LogP contribution in [0.3, 0.4) is 0 Å². The number of rotatable bonds is 4. The molecule has 0 saturated carbocycles. The second-order valence-corrected chi connectivity index (χ2v) is 6.60. The van der Waals surface area contributed by atoms with Crippen LogP contribution in [0.5, 0.6) is 0 Å². The van der Waals surface area contributed by atoms with Crippen LogP contribution in [-0.4, -0.2) is 11.2 Å². The molecule has 0 aromatic heterocycles. The summed E-state index contributed by atoms with van der Waals surface area (Å²) < 4.78 is 0. The van der Waals surface area contributed by atoms with Gasteiger partial charge in [-0.25, -0.2) is 0 Å². The summed E-state index contributed by atoms with van der Waals surface area (Å²) in [7, 11) is 0. The molecule has 0 bridgehead atoms. The number of anilines is 2. The van der Waals surface area contributed by atoms with Crippen LogP contribution in [0.2, 0.25) is 5.02 Å². The molecule has 2 rings (SSSR count). The normalized spacial score (nSPS) is 12.0. The highest BCUT2D eigenvalue weighted by Gasteiger charge is 2.14. The maximum atomic E-state index is 12.2. The topological polar surface area (TPSA) is 55.1 Å². The quantitative estimate of drug-likeness (QED) is 0.650. The Kier molecular flexibility index (Phi) is 5.15. The summed E-state index contributed by atoms with van der Waals surface area (Å²) in [5.41, 5.74) is 8.05. The van der Waals surface area contributed by atoms with Crippen LogP contribution in [0, 0.1) is 6.92 Å². The second-order valence-electron chi connectivity index (χ2n) is 4.78. The molecule has 1 amide bonds. The molecule has 2 aromatic rings. The lowest BCUT2D eigenvalue weighted by Gasteiger charge is -2.12. The fourth-order valence-corrected chi connectivity index (χ4v) is 2.77. The number of nitrogens with one attached hydrogen (secondary N) is 1. The van der Waals surface area contributed by atoms with Gasteiger partial charge in [0, 0.05) is 21.3 Å². The number of amides is 1. The van der Waals surface area contributed by atoms with Crippen molar-refractivity contribution in [3.05, 3.63) is 53.1 Å². The van der Waals surface area contributed by atoms with Crippen LogP contribution in [0.4, 0.5) is 11.4 Å². The van der Waals surface area contributed by atoms with Gasteiger partial charge in [0.15, 0.2) is 0 Å². The molecule has 3 N–H and O–H groups in total. The number of thioether (sulfide) groups is 1. The van der Waals surface area contributed by atoms with Crippen molar-refractivity contribution >= 4 is 40.6 Å². The fraction of sp³-hybridized carbons (Fsp3) is 0.188. The third kappa shape index (κ3) is 4.41. The lowest BCUT2D eigenvalue weighted by atomic mass is 10.2. The van der Waals surface area contributed by atoms with Crippen molar-refractivity contribution in [1.82, 2.24) is 0 Å². The summed E-state index contributed by atoms with van der Waals surface area (Å²) >= 11 is 7.54. The summed E-state index contributed by atoms with van der Waals surface area (Å²) in [5.74, 6) is -0.0586. The minimum absolute atomic E-state index is 0.0586. The Morgan fingerprint density at radius 3 is 2.52 bits per heavy atom. The molecule has 0 fully saturated rings. The lowest BCUT2D eigenvalue weighted by molar-refractivity contribution is -0.115. The van der Waals surface area contributed by atoms with E-state index in [4.69, 9.17) is 17.3 Å². The molecule has 1 unspecified atom stereocenters. The molecule has 0 spiro atoms. The monoisotopic (exact) mass is 320 g/mol. The smallest absolute Gasteiger partial charge is 0.237 e. The molecule has 2 aromatic carbocycles. The van der Waals surface area contributed by atoms with Crippen molar-refractivity contribution in [1.29, 1.82) is 0 Å². The molecule has 0 aliphatic rings. The molecular formula is C16H17ClN2OS. The van der Waals surface area contributed by atoms with Crippen molar-refractivity contribution in [3.8, 4) is 0 Å². The van der Waals surface area contributed by atoms with Crippen LogP contribution < -0.4 is 11.1 Å². The molecule has 5 heteroatoms. The fourth-order valence-electron chi connectivity index (χ4n) is 1.72. The van der Waals surface area contributed by atoms with E-state index in [-0.39, 0.29) is 11.2 Å². The van der Waals surface area contributed by atoms with Gasteiger partial charge in [-0.1, -0.05) is 17.7 Å². The van der Waals surface area contributed by atoms with Gasteiger partial charge in [-0.3, -0.25) is 4.79 Å². The molecule has 0 aliphatic carbocycles. The zero-order valence-electron chi connectivity index (χ0n) is 11.9. The number of hydrogen-bond acceptors (Lipinski definition) is 3. The van der Waals surface area contributed by atoms with E-state index in [1.54, 1.807) is 6.07 Å². The van der Waals surface area contributed by atoms with E-state index in [9.17, 15) is 4.79 Å². The molecular weight excluding hydrogens is 304 g/mol. The molecule has 21 heavy (non-hydrogen) atoms. The Morgan fingerprint density at radius 1 is 1.24 bits per heavy atom. The molecule has 0 saturated heterocycles. The van der Waals surface area contributed by atoms with E-state index < -0.39 is 0 Å². The van der Waals surface area contributed by atoms with Crippen LogP contribution >= 0.6 is 23.4 Å². The molecule has 0 heterocycles. The lowest BCUT2D eigenvalue weighted by Crippen LogP contribution is -2.22. The summed E-state index contributed by atoms with van der Waals surface area (Å²) in [5, 5.41) is 3.30. The molecule has 0 aliphatic heterocycles. The molecule has 110 valence electrons. The molecule has 1 atom stereocenters. The average Bonchev–Trinajstić information content (AvgIpc) is 2.45. The zero-order valence-corrected chi connectivity index (χ0v) is 13.5. The first-order chi connectivity index (χ1) is 9.95. The van der Waals surface area contributed by atoms with Gasteiger partial charge < -0.3 is 11.1 Å². The SMILES string of the molecule is Cc1ccc(NC(=O)C(C)Sc2ccc(N)cc2)cc1Cl. The van der Waals surface area contributed by atoms with Crippen molar-refractivity contribution in [3.63, 3.8) is 0 Å². The Balaban J connectivity index is 1.98. The standard InChI is InChI=1S/C16H17ClN2OS/c1-10-3-6-13(9-15(10)17)19-16(20)11(2)21-14-7-4-12(18)5-8-14/h3-9,11H,18H2,1-2H3,(H,19,20). The highest BCUT2D eigenvalue weighted by molar-refractivity contribution is 8.00. The number of halogens is 1. The minimum Gasteiger partial charge on any atom is -0.399 e. The number of aryl methyl sites for hydroxylation is 1. The first kappa shape index (κ1) is 15.7. The maximum Gasteiger partial charge on any atom is 0.237 e. The van der Waals surface area contributed by atoms with Gasteiger partial charge >= 0.3 is 0 Å². The maximum absolute atomic E-state index is 12.2. The minimum atomic E-state index is -0.214. The van der Waals surface area contributed by atoms with Crippen molar-refractivity contribution < 1.29 is 4.79 Å². The summed E-state index contributed by atoms with van der Waals surface area (Å²) in [4.78, 5) is 13.2. The summed E-state index contributed by atoms with van der Waals surface area (Å²) in [6.45, 7) is 3.79. The van der Waals surface area contributed by atoms with E-state index in [0.717, 1.165) is 10.5 Å². The first-order valence-electron chi connectivity index (χ1n) is 6.55. The van der Waals surface area contributed by atoms with E-state index in [2.05, 4.69) is 5.32 Å². The third-order valence-corrected chi connectivity index (χ3v) is 4.52. The van der Waals surface area contributed by atoms with Crippen LogP contribution in [-0.2, 0) is 4.79 Å².